The molecule has 0 aliphatic carbocycles. The van der Waals surface area contributed by atoms with Gasteiger partial charge in [0.1, 0.15) is 11.5 Å². The zero-order valence-corrected chi connectivity index (χ0v) is 21.0. The highest BCUT2D eigenvalue weighted by molar-refractivity contribution is 5.85. The number of rotatable bonds is 6. The van der Waals surface area contributed by atoms with Gasteiger partial charge in [-0.15, -0.1) is 0 Å². The number of aromatic hydroxyl groups is 1. The van der Waals surface area contributed by atoms with E-state index in [1.807, 2.05) is 24.3 Å². The lowest BCUT2D eigenvalue weighted by molar-refractivity contribution is -0.250. The molecule has 1 aliphatic heterocycles. The summed E-state index contributed by atoms with van der Waals surface area (Å²) in [7, 11) is 0. The number of carbonyl (C=O) groups excluding carboxylic acids is 1. The highest BCUT2D eigenvalue weighted by Gasteiger charge is 2.57. The fourth-order valence-electron chi connectivity index (χ4n) is 4.90. The maximum absolute atomic E-state index is 13.6. The number of hydrogen-bond acceptors (Lipinski definition) is 5. The number of nitrogens with zero attached hydrogens (tertiary/aromatic N) is 4. The average Bonchev–Trinajstić information content (AvgIpc) is 3.48. The summed E-state index contributed by atoms with van der Waals surface area (Å²) in [5.41, 5.74) is -0.383. The van der Waals surface area contributed by atoms with Gasteiger partial charge in [-0.1, -0.05) is 12.1 Å². The van der Waals surface area contributed by atoms with Gasteiger partial charge in [0.05, 0.1) is 11.0 Å². The lowest BCUT2D eigenvalue weighted by Gasteiger charge is -2.36. The molecule has 0 bridgehead atoms. The molecule has 4 aromatic rings. The number of amides is 1. The number of imidazole rings is 1. The maximum Gasteiger partial charge on any atom is 0.426 e. The van der Waals surface area contributed by atoms with Gasteiger partial charge in [-0.3, -0.25) is 4.79 Å². The number of aromatic nitrogens is 4. The predicted molar refractivity (Wildman–Crippen MR) is 135 cm³/mol. The number of H-pyrrole nitrogens is 1. The summed E-state index contributed by atoms with van der Waals surface area (Å²) in [5.74, 6) is -1.50. The minimum Gasteiger partial charge on any atom is -0.493 e. The third kappa shape index (κ3) is 5.08. The number of benzene rings is 2. The Morgan fingerprint density at radius 2 is 1.77 bits per heavy atom. The number of halogens is 4. The molecule has 3 N–H and O–H groups in total. The van der Waals surface area contributed by atoms with Gasteiger partial charge in [0.15, 0.2) is 0 Å². The van der Waals surface area contributed by atoms with E-state index in [0.29, 0.717) is 60.9 Å². The van der Waals surface area contributed by atoms with Gasteiger partial charge in [0.25, 0.3) is 5.91 Å². The molecule has 39 heavy (non-hydrogen) atoms. The number of likely N-dealkylation sites (tertiary alicyclic amines) is 1. The molecule has 1 saturated heterocycles. The van der Waals surface area contributed by atoms with Gasteiger partial charge in [-0.25, -0.2) is 9.37 Å². The van der Waals surface area contributed by atoms with Crippen molar-refractivity contribution in [2.24, 2.45) is 5.92 Å². The minimum atomic E-state index is -5.06. The Morgan fingerprint density at radius 3 is 2.41 bits per heavy atom. The van der Waals surface area contributed by atoms with E-state index in [-0.39, 0.29) is 24.9 Å². The van der Waals surface area contributed by atoms with Crippen molar-refractivity contribution in [3.63, 3.8) is 0 Å². The van der Waals surface area contributed by atoms with Crippen LogP contribution in [-0.4, -0.2) is 65.6 Å². The summed E-state index contributed by atoms with van der Waals surface area (Å²) in [6, 6.07) is 13.1. The van der Waals surface area contributed by atoms with Crippen molar-refractivity contribution in [2.45, 2.75) is 44.4 Å². The minimum absolute atomic E-state index is 0.0694. The van der Waals surface area contributed by atoms with Crippen LogP contribution in [0.25, 0.3) is 28.2 Å². The van der Waals surface area contributed by atoms with E-state index in [2.05, 4.69) is 15.1 Å². The van der Waals surface area contributed by atoms with E-state index in [0.717, 1.165) is 10.4 Å². The fraction of sp³-hybridized carbons (Fsp3) is 0.370. The summed E-state index contributed by atoms with van der Waals surface area (Å²) in [6.45, 7) is 0.649. The number of piperidine rings is 1. The van der Waals surface area contributed by atoms with Crippen molar-refractivity contribution >= 4 is 16.9 Å². The van der Waals surface area contributed by atoms with Crippen LogP contribution >= 0.6 is 0 Å². The smallest absolute Gasteiger partial charge is 0.426 e. The third-order valence-electron chi connectivity index (χ3n) is 7.32. The Balaban J connectivity index is 1.35. The van der Waals surface area contributed by atoms with Crippen molar-refractivity contribution in [3.05, 3.63) is 59.9 Å². The van der Waals surface area contributed by atoms with Crippen molar-refractivity contribution < 1.29 is 32.6 Å². The van der Waals surface area contributed by atoms with E-state index in [1.165, 1.54) is 16.8 Å². The van der Waals surface area contributed by atoms with Crippen molar-refractivity contribution in [3.8, 4) is 23.1 Å². The van der Waals surface area contributed by atoms with Crippen LogP contribution in [0.5, 0.6) is 5.88 Å². The molecule has 8 nitrogen and oxygen atoms in total. The van der Waals surface area contributed by atoms with E-state index < -0.39 is 23.5 Å². The Kier molecular flexibility index (Phi) is 6.83. The molecule has 1 amide bonds. The Labute approximate surface area is 220 Å². The maximum atomic E-state index is 13.6. The quantitative estimate of drug-likeness (QED) is 0.304. The molecule has 1 fully saturated rings. The topological polar surface area (TPSA) is 107 Å². The van der Waals surface area contributed by atoms with Crippen LogP contribution < -0.4 is 0 Å². The monoisotopic (exact) mass is 545 g/mol. The van der Waals surface area contributed by atoms with Crippen LogP contribution in [0.2, 0.25) is 0 Å². The standard InChI is InChI=1S/C27H27F4N5O3/c1-26(39,27(29,30)31)24(38)35-14-12-16(13-15-35)6-11-19-22(17-7-9-18(28)10-8-17)34-36(23(19)37)25-32-20-4-2-3-5-21(20)33-25/h2-5,7-10,16,37,39H,6,11-15H2,1H3,(H,32,33). The van der Waals surface area contributed by atoms with E-state index in [4.69, 9.17) is 0 Å². The second-order valence-corrected chi connectivity index (χ2v) is 9.99. The zero-order chi connectivity index (χ0) is 27.9. The van der Waals surface area contributed by atoms with Crippen LogP contribution in [0, 0.1) is 11.7 Å². The molecule has 0 radical (unpaired) electrons. The largest absolute Gasteiger partial charge is 0.493 e. The van der Waals surface area contributed by atoms with Crippen LogP contribution in [0.1, 0.15) is 31.7 Å². The van der Waals surface area contributed by atoms with Gasteiger partial charge in [0, 0.05) is 24.2 Å². The Bertz CT molecular complexity index is 1450. The SMILES string of the molecule is CC(O)(C(=O)N1CCC(CCc2c(-c3ccc(F)cc3)nn(-c3nc4ccccc4[nH]3)c2O)CC1)C(F)(F)F. The van der Waals surface area contributed by atoms with Crippen molar-refractivity contribution in [2.75, 3.05) is 13.1 Å². The number of fused-ring (bicyclic) bond motifs is 1. The highest BCUT2D eigenvalue weighted by atomic mass is 19.4. The van der Waals surface area contributed by atoms with Gasteiger partial charge in [-0.05, 0) is 74.9 Å². The van der Waals surface area contributed by atoms with Crippen LogP contribution in [0.3, 0.4) is 0 Å². The summed E-state index contributed by atoms with van der Waals surface area (Å²) in [6.07, 6.45) is -3.20. The molecule has 1 aliphatic rings. The van der Waals surface area contributed by atoms with Gasteiger partial charge in [-0.2, -0.15) is 23.0 Å². The second-order valence-electron chi connectivity index (χ2n) is 9.99. The van der Waals surface area contributed by atoms with E-state index in [1.54, 1.807) is 12.1 Å². The summed E-state index contributed by atoms with van der Waals surface area (Å²) >= 11 is 0. The van der Waals surface area contributed by atoms with Gasteiger partial charge >= 0.3 is 6.18 Å². The normalized spacial score (nSPS) is 16.5. The van der Waals surface area contributed by atoms with E-state index in [9.17, 15) is 32.6 Å². The first-order chi connectivity index (χ1) is 18.5. The molecular weight excluding hydrogens is 518 g/mol. The number of para-hydroxylation sites is 2. The molecule has 12 heteroatoms. The number of carbonyl (C=O) groups is 1. The third-order valence-corrected chi connectivity index (χ3v) is 7.32. The first-order valence-corrected chi connectivity index (χ1v) is 12.6. The lowest BCUT2D eigenvalue weighted by atomic mass is 9.89. The molecule has 0 spiro atoms. The molecule has 1 unspecified atom stereocenters. The van der Waals surface area contributed by atoms with Crippen LogP contribution in [-0.2, 0) is 11.2 Å². The van der Waals surface area contributed by atoms with Crippen molar-refractivity contribution in [1.29, 1.82) is 0 Å². The van der Waals surface area contributed by atoms with Crippen LogP contribution in [0.4, 0.5) is 17.6 Å². The molecule has 0 saturated carbocycles. The molecule has 2 aromatic carbocycles. The zero-order valence-electron chi connectivity index (χ0n) is 21.0. The molecule has 5 rings (SSSR count). The van der Waals surface area contributed by atoms with Crippen molar-refractivity contribution in [1.82, 2.24) is 24.6 Å². The Hall–Kier alpha value is -3.93. The lowest BCUT2D eigenvalue weighted by Crippen LogP contribution is -2.57. The summed E-state index contributed by atoms with van der Waals surface area (Å²) in [5, 5.41) is 25.5. The molecule has 3 heterocycles. The highest BCUT2D eigenvalue weighted by Crippen LogP contribution is 2.36. The van der Waals surface area contributed by atoms with Crippen LogP contribution in [0.15, 0.2) is 48.5 Å². The van der Waals surface area contributed by atoms with Gasteiger partial charge in [0.2, 0.25) is 17.4 Å². The van der Waals surface area contributed by atoms with E-state index >= 15 is 0 Å². The summed E-state index contributed by atoms with van der Waals surface area (Å²) < 4.78 is 54.2. The second kappa shape index (κ2) is 9.99. The Morgan fingerprint density at radius 1 is 1.10 bits per heavy atom. The molecular formula is C27H27F4N5O3. The average molecular weight is 546 g/mol. The number of nitrogens with one attached hydrogen (secondary N) is 1. The van der Waals surface area contributed by atoms with Gasteiger partial charge < -0.3 is 20.1 Å². The predicted octanol–water partition coefficient (Wildman–Crippen LogP) is 4.74. The molecule has 2 aromatic heterocycles. The number of aliphatic hydroxyl groups is 1. The number of alkyl halides is 3. The fourth-order valence-corrected chi connectivity index (χ4v) is 4.90. The molecule has 1 atom stereocenters. The molecule has 206 valence electrons. The summed E-state index contributed by atoms with van der Waals surface area (Å²) in [4.78, 5) is 21.0. The number of hydrogen-bond donors (Lipinski definition) is 3. The first-order valence-electron chi connectivity index (χ1n) is 12.6. The first kappa shape index (κ1) is 26.7. The number of aromatic amines is 1.